The molecule has 0 bridgehead atoms. The number of para-hydroxylation sites is 2. The zero-order chi connectivity index (χ0) is 21.8. The van der Waals surface area contributed by atoms with E-state index < -0.39 is 0 Å². The molecular formula is C25H24N2O4. The highest BCUT2D eigenvalue weighted by Crippen LogP contribution is 2.37. The van der Waals surface area contributed by atoms with Crippen LogP contribution in [0.1, 0.15) is 31.8 Å². The molecule has 0 unspecified atom stereocenters. The van der Waals surface area contributed by atoms with Gasteiger partial charge >= 0.3 is 11.9 Å². The molecule has 0 atom stereocenters. The Bertz CT molecular complexity index is 991. The summed E-state index contributed by atoms with van der Waals surface area (Å²) in [5, 5.41) is 0. The average molecular weight is 416 g/mol. The van der Waals surface area contributed by atoms with Gasteiger partial charge in [-0.3, -0.25) is 0 Å². The van der Waals surface area contributed by atoms with Crippen LogP contribution < -0.4 is 9.80 Å². The van der Waals surface area contributed by atoms with Crippen LogP contribution in [0.3, 0.4) is 0 Å². The van der Waals surface area contributed by atoms with E-state index in [1.807, 2.05) is 36.4 Å². The molecule has 0 radical (unpaired) electrons. The molecule has 0 aromatic heterocycles. The summed E-state index contributed by atoms with van der Waals surface area (Å²) in [4.78, 5) is 27.9. The van der Waals surface area contributed by atoms with Gasteiger partial charge in [0, 0.05) is 13.1 Å². The number of anilines is 2. The van der Waals surface area contributed by atoms with E-state index in [1.165, 1.54) is 25.6 Å². The van der Waals surface area contributed by atoms with E-state index in [4.69, 9.17) is 9.47 Å². The molecule has 1 aliphatic heterocycles. The number of rotatable bonds is 6. The Morgan fingerprint density at radius 2 is 1.06 bits per heavy atom. The van der Waals surface area contributed by atoms with Crippen LogP contribution in [0.2, 0.25) is 0 Å². The Morgan fingerprint density at radius 1 is 0.677 bits per heavy atom. The van der Waals surface area contributed by atoms with Crippen LogP contribution >= 0.6 is 0 Å². The highest BCUT2D eigenvalue weighted by atomic mass is 16.5. The number of hydrogen-bond acceptors (Lipinski definition) is 6. The summed E-state index contributed by atoms with van der Waals surface area (Å²) in [5.41, 5.74) is 5.67. The van der Waals surface area contributed by atoms with E-state index in [0.717, 1.165) is 30.9 Å². The average Bonchev–Trinajstić information content (AvgIpc) is 3.16. The topological polar surface area (TPSA) is 59.1 Å². The van der Waals surface area contributed by atoms with Gasteiger partial charge in [0.05, 0.1) is 43.4 Å². The molecule has 1 heterocycles. The number of nitrogens with zero attached hydrogens (tertiary/aromatic N) is 2. The lowest BCUT2D eigenvalue weighted by molar-refractivity contribution is 0.0592. The first-order valence-electron chi connectivity index (χ1n) is 10.0. The number of fused-ring (bicyclic) bond motifs is 1. The highest BCUT2D eigenvalue weighted by Gasteiger charge is 2.25. The Balaban J connectivity index is 1.49. The summed E-state index contributed by atoms with van der Waals surface area (Å²) >= 11 is 0. The largest absolute Gasteiger partial charge is 0.465 e. The zero-order valence-corrected chi connectivity index (χ0v) is 17.6. The van der Waals surface area contributed by atoms with Gasteiger partial charge in [0.2, 0.25) is 0 Å². The van der Waals surface area contributed by atoms with E-state index in [2.05, 4.69) is 21.9 Å². The number of methoxy groups -OCH3 is 2. The molecule has 0 spiro atoms. The summed E-state index contributed by atoms with van der Waals surface area (Å²) in [6, 6.07) is 23.4. The van der Waals surface area contributed by atoms with Crippen molar-refractivity contribution in [3.05, 3.63) is 95.1 Å². The Kier molecular flexibility index (Phi) is 5.89. The van der Waals surface area contributed by atoms with Crippen molar-refractivity contribution in [3.8, 4) is 0 Å². The van der Waals surface area contributed by atoms with Crippen molar-refractivity contribution < 1.29 is 19.1 Å². The van der Waals surface area contributed by atoms with Gasteiger partial charge in [0.25, 0.3) is 0 Å². The lowest BCUT2D eigenvalue weighted by Gasteiger charge is -2.22. The normalized spacial score (nSPS) is 12.5. The fraction of sp³-hybridized carbons (Fsp3) is 0.200. The molecule has 3 aromatic rings. The molecule has 0 N–H and O–H groups in total. The third-order valence-electron chi connectivity index (χ3n) is 5.40. The summed E-state index contributed by atoms with van der Waals surface area (Å²) in [6.07, 6.45) is 0. The van der Waals surface area contributed by atoms with Crippen molar-refractivity contribution in [2.24, 2.45) is 0 Å². The molecule has 1 aliphatic rings. The monoisotopic (exact) mass is 416 g/mol. The van der Waals surface area contributed by atoms with E-state index in [9.17, 15) is 9.59 Å². The van der Waals surface area contributed by atoms with E-state index >= 15 is 0 Å². The third kappa shape index (κ3) is 4.38. The van der Waals surface area contributed by atoms with Crippen LogP contribution in [0.25, 0.3) is 0 Å². The molecular weight excluding hydrogens is 392 g/mol. The molecule has 0 aliphatic carbocycles. The molecule has 6 nitrogen and oxygen atoms in total. The van der Waals surface area contributed by atoms with Gasteiger partial charge in [-0.05, 0) is 47.5 Å². The highest BCUT2D eigenvalue weighted by molar-refractivity contribution is 5.89. The molecule has 0 saturated heterocycles. The van der Waals surface area contributed by atoms with Gasteiger partial charge in [-0.1, -0.05) is 36.4 Å². The molecule has 158 valence electrons. The fourth-order valence-electron chi connectivity index (χ4n) is 3.80. The first-order valence-corrected chi connectivity index (χ1v) is 10.0. The van der Waals surface area contributed by atoms with Crippen LogP contribution in [-0.4, -0.2) is 32.8 Å². The summed E-state index contributed by atoms with van der Waals surface area (Å²) in [7, 11) is 2.77. The molecule has 31 heavy (non-hydrogen) atoms. The van der Waals surface area contributed by atoms with Crippen molar-refractivity contribution in [3.63, 3.8) is 0 Å². The fourth-order valence-corrected chi connectivity index (χ4v) is 3.80. The standard InChI is InChI=1S/C25H24N2O4/c1-30-24(28)20-11-7-18(8-12-20)15-26-17-27(23-6-4-3-5-22(23)26)16-19-9-13-21(14-10-19)25(29)31-2/h3-14H,15-17H2,1-2H3. The van der Waals surface area contributed by atoms with Crippen LogP contribution in [-0.2, 0) is 22.6 Å². The number of carbonyl (C=O) groups excluding carboxylic acids is 2. The van der Waals surface area contributed by atoms with Crippen LogP contribution in [0.4, 0.5) is 11.4 Å². The first kappa shape index (κ1) is 20.5. The maximum Gasteiger partial charge on any atom is 0.337 e. The third-order valence-corrected chi connectivity index (χ3v) is 5.40. The van der Waals surface area contributed by atoms with Gasteiger partial charge in [0.15, 0.2) is 0 Å². The zero-order valence-electron chi connectivity index (χ0n) is 17.6. The van der Waals surface area contributed by atoms with Gasteiger partial charge in [-0.2, -0.15) is 0 Å². The van der Waals surface area contributed by atoms with Gasteiger partial charge < -0.3 is 19.3 Å². The van der Waals surface area contributed by atoms with Crippen molar-refractivity contribution in [1.82, 2.24) is 0 Å². The van der Waals surface area contributed by atoms with Crippen LogP contribution in [0.15, 0.2) is 72.8 Å². The molecule has 4 rings (SSSR count). The second kappa shape index (κ2) is 8.92. The maximum atomic E-state index is 11.7. The number of hydrogen-bond donors (Lipinski definition) is 0. The van der Waals surface area contributed by atoms with E-state index in [-0.39, 0.29) is 11.9 Å². The van der Waals surface area contributed by atoms with Crippen molar-refractivity contribution in [2.45, 2.75) is 13.1 Å². The summed E-state index contributed by atoms with van der Waals surface area (Å²) < 4.78 is 9.54. The molecule has 0 saturated carbocycles. The van der Waals surface area contributed by atoms with Crippen LogP contribution in [0, 0.1) is 0 Å². The summed E-state index contributed by atoms with van der Waals surface area (Å²) in [5.74, 6) is -0.662. The minimum atomic E-state index is -0.331. The Hall–Kier alpha value is -3.80. The molecule has 0 amide bonds. The first-order chi connectivity index (χ1) is 15.1. The maximum absolute atomic E-state index is 11.7. The molecule has 3 aromatic carbocycles. The number of esters is 2. The number of carbonyl (C=O) groups is 2. The Labute approximate surface area is 181 Å². The molecule has 6 heteroatoms. The number of ether oxygens (including phenoxy) is 2. The lowest BCUT2D eigenvalue weighted by atomic mass is 10.1. The predicted molar refractivity (Wildman–Crippen MR) is 119 cm³/mol. The minimum absolute atomic E-state index is 0.331. The predicted octanol–water partition coefficient (Wildman–Crippen LogP) is 4.24. The minimum Gasteiger partial charge on any atom is -0.465 e. The second-order valence-corrected chi connectivity index (χ2v) is 7.40. The Morgan fingerprint density at radius 3 is 1.42 bits per heavy atom. The van der Waals surface area contributed by atoms with Gasteiger partial charge in [-0.15, -0.1) is 0 Å². The lowest BCUT2D eigenvalue weighted by Crippen LogP contribution is -2.30. The smallest absolute Gasteiger partial charge is 0.337 e. The molecule has 0 fully saturated rings. The van der Waals surface area contributed by atoms with Crippen molar-refractivity contribution in [2.75, 3.05) is 30.7 Å². The van der Waals surface area contributed by atoms with E-state index in [0.29, 0.717) is 11.1 Å². The van der Waals surface area contributed by atoms with Gasteiger partial charge in [0.1, 0.15) is 0 Å². The SMILES string of the molecule is COC(=O)c1ccc(CN2CN(Cc3ccc(C(=O)OC)cc3)c3ccccc32)cc1. The quantitative estimate of drug-likeness (QED) is 0.560. The van der Waals surface area contributed by atoms with Crippen molar-refractivity contribution in [1.29, 1.82) is 0 Å². The van der Waals surface area contributed by atoms with Gasteiger partial charge in [-0.25, -0.2) is 9.59 Å². The van der Waals surface area contributed by atoms with Crippen LogP contribution in [0.5, 0.6) is 0 Å². The number of benzene rings is 3. The van der Waals surface area contributed by atoms with Crippen molar-refractivity contribution >= 4 is 23.3 Å². The van der Waals surface area contributed by atoms with E-state index in [1.54, 1.807) is 24.3 Å². The second-order valence-electron chi connectivity index (χ2n) is 7.40. The summed E-state index contributed by atoms with van der Waals surface area (Å²) in [6.45, 7) is 2.21.